The van der Waals surface area contributed by atoms with Crippen LogP contribution in [0, 0.1) is 5.92 Å². The van der Waals surface area contributed by atoms with Gasteiger partial charge in [0.1, 0.15) is 16.9 Å². The first-order valence-corrected chi connectivity index (χ1v) is 13.4. The number of hydrogen-bond acceptors (Lipinski definition) is 6. The summed E-state index contributed by atoms with van der Waals surface area (Å²) >= 11 is 0. The van der Waals surface area contributed by atoms with Gasteiger partial charge in [-0.2, -0.15) is 0 Å². The molecule has 1 unspecified atom stereocenters. The second-order valence-corrected chi connectivity index (χ2v) is 9.37. The van der Waals surface area contributed by atoms with Crippen LogP contribution in [-0.4, -0.2) is 46.5 Å². The first-order chi connectivity index (χ1) is 18.3. The summed E-state index contributed by atoms with van der Waals surface area (Å²) in [5, 5.41) is 8.32. The SMILES string of the molecule is COc1ccccc1COCCCOc1ccc(CCCNCCNCC2C=c3ccoc3=CC2)cc1. The van der Waals surface area contributed by atoms with E-state index in [2.05, 4.69) is 47.1 Å². The van der Waals surface area contributed by atoms with E-state index in [1.807, 2.05) is 30.3 Å². The smallest absolute Gasteiger partial charge is 0.129 e. The van der Waals surface area contributed by atoms with Crippen LogP contribution in [0.25, 0.3) is 12.2 Å². The summed E-state index contributed by atoms with van der Waals surface area (Å²) < 4.78 is 22.4. The maximum Gasteiger partial charge on any atom is 0.129 e. The molecule has 0 radical (unpaired) electrons. The molecule has 198 valence electrons. The first kappa shape index (κ1) is 27.0. The third kappa shape index (κ3) is 9.08. The number of methoxy groups -OCH3 is 1. The Kier molecular flexibility index (Phi) is 11.1. The van der Waals surface area contributed by atoms with Crippen molar-refractivity contribution in [2.45, 2.75) is 32.3 Å². The summed E-state index contributed by atoms with van der Waals surface area (Å²) in [5.74, 6) is 2.33. The Bertz CT molecular complexity index is 1170. The molecule has 37 heavy (non-hydrogen) atoms. The number of benzene rings is 2. The van der Waals surface area contributed by atoms with E-state index in [0.717, 1.165) is 74.3 Å². The number of furan rings is 1. The Morgan fingerprint density at radius 3 is 2.68 bits per heavy atom. The molecule has 0 saturated heterocycles. The molecular weight excluding hydrogens is 464 g/mol. The lowest BCUT2D eigenvalue weighted by Gasteiger charge is -2.13. The Balaban J connectivity index is 0.986. The molecular formula is C31H40N2O4. The van der Waals surface area contributed by atoms with Crippen molar-refractivity contribution in [3.63, 3.8) is 0 Å². The van der Waals surface area contributed by atoms with E-state index in [0.29, 0.717) is 25.7 Å². The highest BCUT2D eigenvalue weighted by molar-refractivity contribution is 5.37. The van der Waals surface area contributed by atoms with Crippen LogP contribution in [0.15, 0.2) is 65.3 Å². The predicted molar refractivity (Wildman–Crippen MR) is 148 cm³/mol. The van der Waals surface area contributed by atoms with E-state index in [1.54, 1.807) is 13.4 Å². The summed E-state index contributed by atoms with van der Waals surface area (Å²) in [6.07, 6.45) is 10.4. The number of ether oxygens (including phenoxy) is 3. The number of para-hydroxylation sites is 1. The minimum Gasteiger partial charge on any atom is -0.496 e. The fourth-order valence-corrected chi connectivity index (χ4v) is 4.47. The topological polar surface area (TPSA) is 64.9 Å². The highest BCUT2D eigenvalue weighted by atomic mass is 16.5. The average Bonchev–Trinajstić information content (AvgIpc) is 3.41. The molecule has 2 N–H and O–H groups in total. The van der Waals surface area contributed by atoms with E-state index >= 15 is 0 Å². The molecule has 0 amide bonds. The van der Waals surface area contributed by atoms with E-state index in [1.165, 1.54) is 10.8 Å². The highest BCUT2D eigenvalue weighted by Crippen LogP contribution is 2.18. The monoisotopic (exact) mass is 504 g/mol. The maximum absolute atomic E-state index is 5.86. The van der Waals surface area contributed by atoms with Gasteiger partial charge in [-0.3, -0.25) is 0 Å². The van der Waals surface area contributed by atoms with Crippen LogP contribution >= 0.6 is 0 Å². The Labute approximate surface area is 220 Å². The van der Waals surface area contributed by atoms with Crippen LogP contribution in [-0.2, 0) is 17.8 Å². The van der Waals surface area contributed by atoms with Crippen molar-refractivity contribution >= 4 is 12.2 Å². The fourth-order valence-electron chi connectivity index (χ4n) is 4.47. The summed E-state index contributed by atoms with van der Waals surface area (Å²) in [6, 6.07) is 18.4. The molecule has 1 heterocycles. The maximum atomic E-state index is 5.86. The van der Waals surface area contributed by atoms with Gasteiger partial charge in [-0.25, -0.2) is 0 Å². The predicted octanol–water partition coefficient (Wildman–Crippen LogP) is 3.67. The lowest BCUT2D eigenvalue weighted by atomic mass is 10.0. The lowest BCUT2D eigenvalue weighted by molar-refractivity contribution is 0.105. The molecule has 0 aliphatic heterocycles. The molecule has 6 nitrogen and oxygen atoms in total. The highest BCUT2D eigenvalue weighted by Gasteiger charge is 2.08. The van der Waals surface area contributed by atoms with Gasteiger partial charge in [-0.1, -0.05) is 36.4 Å². The molecule has 0 bridgehead atoms. The molecule has 1 aliphatic rings. The molecule has 1 atom stereocenters. The van der Waals surface area contributed by atoms with Gasteiger partial charge in [0.25, 0.3) is 0 Å². The Morgan fingerprint density at radius 2 is 1.78 bits per heavy atom. The van der Waals surface area contributed by atoms with Crippen molar-refractivity contribution in [3.8, 4) is 11.5 Å². The van der Waals surface area contributed by atoms with Crippen molar-refractivity contribution in [1.29, 1.82) is 0 Å². The number of hydrogen-bond donors (Lipinski definition) is 2. The molecule has 6 heteroatoms. The van der Waals surface area contributed by atoms with E-state index in [9.17, 15) is 0 Å². The van der Waals surface area contributed by atoms with Crippen LogP contribution in [0.5, 0.6) is 11.5 Å². The van der Waals surface area contributed by atoms with Crippen LogP contribution < -0.4 is 30.7 Å². The lowest BCUT2D eigenvalue weighted by Crippen LogP contribution is -2.33. The second kappa shape index (κ2) is 15.3. The van der Waals surface area contributed by atoms with Crippen molar-refractivity contribution < 1.29 is 18.6 Å². The van der Waals surface area contributed by atoms with Gasteiger partial charge in [0.05, 0.1) is 33.2 Å². The van der Waals surface area contributed by atoms with Gasteiger partial charge in [-0.15, -0.1) is 0 Å². The van der Waals surface area contributed by atoms with E-state index < -0.39 is 0 Å². The molecule has 0 fully saturated rings. The Hall–Kier alpha value is -3.06. The standard InChI is InChI=1S/C31H40N2O4/c1-34-30-8-3-2-7-28(30)24-35-19-5-20-36-29-12-9-25(10-13-29)6-4-16-32-17-18-33-23-26-11-14-31-27(22-26)15-21-37-31/h2-3,7-10,12-15,21-22,26,32-33H,4-6,11,16-20,23-24H2,1H3. The van der Waals surface area contributed by atoms with Crippen molar-refractivity contribution in [2.24, 2.45) is 5.92 Å². The van der Waals surface area contributed by atoms with Crippen LogP contribution in [0.3, 0.4) is 0 Å². The fraction of sp³-hybridized carbons (Fsp3) is 0.419. The van der Waals surface area contributed by atoms with Crippen LogP contribution in [0.2, 0.25) is 0 Å². The third-order valence-corrected chi connectivity index (χ3v) is 6.53. The molecule has 0 saturated carbocycles. The molecule has 1 aromatic heterocycles. The summed E-state index contributed by atoms with van der Waals surface area (Å²) in [4.78, 5) is 0. The molecule has 0 spiro atoms. The summed E-state index contributed by atoms with van der Waals surface area (Å²) in [6.45, 7) is 5.86. The third-order valence-electron chi connectivity index (χ3n) is 6.53. The van der Waals surface area contributed by atoms with Gasteiger partial charge < -0.3 is 29.3 Å². The minimum atomic E-state index is 0.551. The minimum absolute atomic E-state index is 0.551. The average molecular weight is 505 g/mol. The van der Waals surface area contributed by atoms with Gasteiger partial charge in [-0.05, 0) is 67.6 Å². The van der Waals surface area contributed by atoms with Gasteiger partial charge in [0.15, 0.2) is 0 Å². The summed E-state index contributed by atoms with van der Waals surface area (Å²) in [5.41, 5.74) is 3.42. The number of fused-ring (bicyclic) bond motifs is 1. The zero-order chi connectivity index (χ0) is 25.5. The van der Waals surface area contributed by atoms with Crippen molar-refractivity contribution in [3.05, 3.63) is 82.6 Å². The van der Waals surface area contributed by atoms with Crippen molar-refractivity contribution in [2.75, 3.05) is 46.5 Å². The van der Waals surface area contributed by atoms with Crippen LogP contribution in [0.1, 0.15) is 30.4 Å². The molecule has 1 aliphatic carbocycles. The number of nitrogens with one attached hydrogen (secondary N) is 2. The zero-order valence-electron chi connectivity index (χ0n) is 21.9. The Morgan fingerprint density at radius 1 is 0.919 bits per heavy atom. The molecule has 3 aromatic rings. The number of rotatable bonds is 17. The normalized spacial score (nSPS) is 14.5. The molecule has 4 rings (SSSR count). The van der Waals surface area contributed by atoms with E-state index in [-0.39, 0.29) is 0 Å². The van der Waals surface area contributed by atoms with Gasteiger partial charge >= 0.3 is 0 Å². The number of aryl methyl sites for hydroxylation is 1. The summed E-state index contributed by atoms with van der Waals surface area (Å²) in [7, 11) is 1.68. The first-order valence-electron chi connectivity index (χ1n) is 13.4. The second-order valence-electron chi connectivity index (χ2n) is 9.37. The largest absolute Gasteiger partial charge is 0.496 e. The quantitative estimate of drug-likeness (QED) is 0.274. The van der Waals surface area contributed by atoms with Gasteiger partial charge in [0, 0.05) is 36.8 Å². The molecule has 2 aromatic carbocycles. The van der Waals surface area contributed by atoms with E-state index in [4.69, 9.17) is 18.6 Å². The van der Waals surface area contributed by atoms with Crippen molar-refractivity contribution in [1.82, 2.24) is 10.6 Å². The van der Waals surface area contributed by atoms with Gasteiger partial charge in [0.2, 0.25) is 0 Å². The van der Waals surface area contributed by atoms with Crippen LogP contribution in [0.4, 0.5) is 0 Å². The zero-order valence-corrected chi connectivity index (χ0v) is 21.9.